The zero-order valence-electron chi connectivity index (χ0n) is 10.7. The van der Waals surface area contributed by atoms with E-state index in [9.17, 15) is 9.59 Å². The first-order valence-electron chi connectivity index (χ1n) is 6.14. The molecule has 0 aliphatic rings. The number of carboxylic acid groups (broad SMARTS) is 2. The van der Waals surface area contributed by atoms with Crippen molar-refractivity contribution in [3.05, 3.63) is 46.4 Å². The summed E-state index contributed by atoms with van der Waals surface area (Å²) in [6.07, 6.45) is 0. The van der Waals surface area contributed by atoms with Gasteiger partial charge in [0.25, 0.3) is 0 Å². The number of aromatic nitrogens is 1. The van der Waals surface area contributed by atoms with Crippen LogP contribution < -0.4 is 0 Å². The van der Waals surface area contributed by atoms with E-state index < -0.39 is 11.9 Å². The average Bonchev–Trinajstić information content (AvgIpc) is 2.71. The number of carboxylic acids is 2. The van der Waals surface area contributed by atoms with Crippen molar-refractivity contribution in [3.63, 3.8) is 0 Å². The summed E-state index contributed by atoms with van der Waals surface area (Å²) in [7, 11) is 0. The van der Waals surface area contributed by atoms with Crippen LogP contribution in [0.4, 0.5) is 0 Å². The number of aromatic carboxylic acids is 1. The third kappa shape index (κ3) is 2.27. The minimum absolute atomic E-state index is 0.173. The minimum atomic E-state index is -1.01. The van der Waals surface area contributed by atoms with E-state index in [2.05, 4.69) is 15.9 Å². The molecule has 3 aromatic rings. The molecule has 0 spiro atoms. The molecule has 0 bridgehead atoms. The van der Waals surface area contributed by atoms with Gasteiger partial charge in [-0.25, -0.2) is 4.79 Å². The molecule has 1 heterocycles. The molecule has 0 fully saturated rings. The predicted molar refractivity (Wildman–Crippen MR) is 81.7 cm³/mol. The summed E-state index contributed by atoms with van der Waals surface area (Å²) in [4.78, 5) is 22.2. The van der Waals surface area contributed by atoms with Crippen LogP contribution in [0.5, 0.6) is 0 Å². The molecule has 0 saturated heterocycles. The lowest BCUT2D eigenvalue weighted by atomic mass is 10.1. The van der Waals surface area contributed by atoms with Crippen LogP contribution in [0.25, 0.3) is 21.8 Å². The Hall–Kier alpha value is -2.34. The van der Waals surface area contributed by atoms with Crippen LogP contribution in [0.3, 0.4) is 0 Å². The number of halogens is 1. The van der Waals surface area contributed by atoms with Crippen molar-refractivity contribution in [2.24, 2.45) is 0 Å². The number of hydrogen-bond donors (Lipinski definition) is 2. The van der Waals surface area contributed by atoms with Crippen LogP contribution in [0.2, 0.25) is 0 Å². The van der Waals surface area contributed by atoms with Gasteiger partial charge in [0.2, 0.25) is 0 Å². The van der Waals surface area contributed by atoms with Gasteiger partial charge in [-0.2, -0.15) is 0 Å². The Labute approximate surface area is 127 Å². The van der Waals surface area contributed by atoms with Gasteiger partial charge in [0, 0.05) is 26.3 Å². The molecular weight excluding hydrogens is 338 g/mol. The Morgan fingerprint density at radius 3 is 2.24 bits per heavy atom. The molecular formula is C15H10BrNO4. The van der Waals surface area contributed by atoms with Crippen molar-refractivity contribution in [1.29, 1.82) is 0 Å². The second kappa shape index (κ2) is 4.89. The highest BCUT2D eigenvalue weighted by Gasteiger charge is 2.15. The number of rotatable bonds is 3. The largest absolute Gasteiger partial charge is 0.480 e. The maximum atomic E-state index is 11.1. The van der Waals surface area contributed by atoms with E-state index in [1.54, 1.807) is 16.7 Å². The summed E-state index contributed by atoms with van der Waals surface area (Å²) in [5, 5.41) is 19.7. The molecule has 6 heteroatoms. The summed E-state index contributed by atoms with van der Waals surface area (Å²) in [5.41, 5.74) is 1.64. The molecule has 0 atom stereocenters. The van der Waals surface area contributed by atoms with E-state index in [0.29, 0.717) is 5.52 Å². The van der Waals surface area contributed by atoms with Gasteiger partial charge in [-0.15, -0.1) is 0 Å². The zero-order chi connectivity index (χ0) is 15.1. The van der Waals surface area contributed by atoms with Gasteiger partial charge >= 0.3 is 11.9 Å². The molecule has 3 rings (SSSR count). The molecule has 2 aromatic carbocycles. The molecule has 5 nitrogen and oxygen atoms in total. The lowest BCUT2D eigenvalue weighted by Crippen LogP contribution is -2.08. The SMILES string of the molecule is O=C(O)Cn1c2ccc(Br)cc2c2cc(C(=O)O)ccc21. The van der Waals surface area contributed by atoms with E-state index in [1.165, 1.54) is 6.07 Å². The lowest BCUT2D eigenvalue weighted by Gasteiger charge is -2.03. The molecule has 106 valence electrons. The van der Waals surface area contributed by atoms with Crippen LogP contribution >= 0.6 is 15.9 Å². The van der Waals surface area contributed by atoms with Gasteiger partial charge in [0.15, 0.2) is 0 Å². The number of hydrogen-bond acceptors (Lipinski definition) is 2. The Kier molecular flexibility index (Phi) is 3.17. The summed E-state index contributed by atoms with van der Waals surface area (Å²) in [6, 6.07) is 10.2. The van der Waals surface area contributed by atoms with Crippen molar-refractivity contribution >= 4 is 49.7 Å². The van der Waals surface area contributed by atoms with E-state index in [-0.39, 0.29) is 12.1 Å². The molecule has 21 heavy (non-hydrogen) atoms. The second-order valence-electron chi connectivity index (χ2n) is 4.68. The van der Waals surface area contributed by atoms with Crippen LogP contribution in [0, 0.1) is 0 Å². The molecule has 2 N–H and O–H groups in total. The minimum Gasteiger partial charge on any atom is -0.480 e. The maximum absolute atomic E-state index is 11.1. The van der Waals surface area contributed by atoms with Crippen LogP contribution in [0.1, 0.15) is 10.4 Å². The van der Waals surface area contributed by atoms with Crippen LogP contribution in [-0.2, 0) is 11.3 Å². The second-order valence-corrected chi connectivity index (χ2v) is 5.59. The normalized spacial score (nSPS) is 11.1. The van der Waals surface area contributed by atoms with Gasteiger partial charge in [-0.05, 0) is 36.4 Å². The van der Waals surface area contributed by atoms with Gasteiger partial charge < -0.3 is 14.8 Å². The quantitative estimate of drug-likeness (QED) is 0.761. The van der Waals surface area contributed by atoms with Crippen molar-refractivity contribution in [2.75, 3.05) is 0 Å². The number of nitrogens with zero attached hydrogens (tertiary/aromatic N) is 1. The summed E-state index contributed by atoms with van der Waals surface area (Å²) < 4.78 is 2.52. The summed E-state index contributed by atoms with van der Waals surface area (Å²) in [5.74, 6) is -1.95. The first-order valence-corrected chi connectivity index (χ1v) is 6.93. The highest BCUT2D eigenvalue weighted by atomic mass is 79.9. The molecule has 1 aromatic heterocycles. The molecule has 0 unspecified atom stereocenters. The summed E-state index contributed by atoms with van der Waals surface area (Å²) in [6.45, 7) is -0.173. The van der Waals surface area contributed by atoms with Crippen molar-refractivity contribution in [3.8, 4) is 0 Å². The fraction of sp³-hybridized carbons (Fsp3) is 0.0667. The average molecular weight is 348 g/mol. The fourth-order valence-electron chi connectivity index (χ4n) is 2.51. The fourth-order valence-corrected chi connectivity index (χ4v) is 2.88. The van der Waals surface area contributed by atoms with Crippen molar-refractivity contribution < 1.29 is 19.8 Å². The van der Waals surface area contributed by atoms with Gasteiger partial charge in [0.05, 0.1) is 5.56 Å². The molecule has 0 radical (unpaired) electrons. The summed E-state index contributed by atoms with van der Waals surface area (Å²) >= 11 is 3.38. The Morgan fingerprint density at radius 1 is 1.00 bits per heavy atom. The van der Waals surface area contributed by atoms with Crippen LogP contribution in [-0.4, -0.2) is 26.7 Å². The van der Waals surface area contributed by atoms with E-state index in [4.69, 9.17) is 10.2 Å². The standard InChI is InChI=1S/C15H10BrNO4/c16-9-2-4-13-11(6-9)10-5-8(15(20)21)1-3-12(10)17(13)7-14(18)19/h1-6H,7H2,(H,18,19)(H,20,21). The highest BCUT2D eigenvalue weighted by Crippen LogP contribution is 2.31. The topological polar surface area (TPSA) is 79.5 Å². The number of aliphatic carboxylic acids is 1. The van der Waals surface area contributed by atoms with Crippen molar-refractivity contribution in [2.45, 2.75) is 6.54 Å². The monoisotopic (exact) mass is 347 g/mol. The van der Waals surface area contributed by atoms with Gasteiger partial charge in [-0.3, -0.25) is 4.79 Å². The molecule has 0 saturated carbocycles. The van der Waals surface area contributed by atoms with E-state index >= 15 is 0 Å². The number of fused-ring (bicyclic) bond motifs is 3. The molecule has 0 aliphatic carbocycles. The van der Waals surface area contributed by atoms with E-state index in [0.717, 1.165) is 20.8 Å². The maximum Gasteiger partial charge on any atom is 0.335 e. The number of carbonyl (C=O) groups is 2. The third-order valence-corrected chi connectivity index (χ3v) is 3.86. The van der Waals surface area contributed by atoms with Crippen LogP contribution in [0.15, 0.2) is 40.9 Å². The van der Waals surface area contributed by atoms with Gasteiger partial charge in [-0.1, -0.05) is 15.9 Å². The first-order chi connectivity index (χ1) is 9.97. The highest BCUT2D eigenvalue weighted by molar-refractivity contribution is 9.10. The molecule has 0 amide bonds. The Morgan fingerprint density at radius 2 is 1.62 bits per heavy atom. The predicted octanol–water partition coefficient (Wildman–Crippen LogP) is 3.34. The Balaban J connectivity index is 2.43. The Bertz CT molecular complexity index is 897. The smallest absolute Gasteiger partial charge is 0.335 e. The third-order valence-electron chi connectivity index (χ3n) is 3.37. The first kappa shape index (κ1) is 13.6. The van der Waals surface area contributed by atoms with Gasteiger partial charge in [0.1, 0.15) is 6.54 Å². The molecule has 0 aliphatic heterocycles. The lowest BCUT2D eigenvalue weighted by molar-refractivity contribution is -0.137. The van der Waals surface area contributed by atoms with E-state index in [1.807, 2.05) is 18.2 Å². The van der Waals surface area contributed by atoms with Crippen molar-refractivity contribution in [1.82, 2.24) is 4.57 Å². The number of benzene rings is 2. The zero-order valence-corrected chi connectivity index (χ0v) is 12.3.